The Labute approximate surface area is 187 Å². The molecule has 0 unspecified atom stereocenters. The number of fused-ring (bicyclic) bond motifs is 1. The molecule has 1 amide bonds. The van der Waals surface area contributed by atoms with Crippen LogP contribution in [0.4, 0.5) is 4.39 Å². The third-order valence-electron chi connectivity index (χ3n) is 4.85. The van der Waals surface area contributed by atoms with Crippen LogP contribution in [-0.2, 0) is 13.1 Å². The minimum atomic E-state index is -0.390. The molecule has 3 aromatic carbocycles. The monoisotopic (exact) mass is 455 g/mol. The van der Waals surface area contributed by atoms with Crippen LogP contribution >= 0.6 is 23.2 Å². The summed E-state index contributed by atoms with van der Waals surface area (Å²) in [6, 6.07) is 17.3. The normalized spacial score (nSPS) is 10.9. The lowest BCUT2D eigenvalue weighted by Crippen LogP contribution is -2.32. The number of nitrogens with zero attached hydrogens (tertiary/aromatic N) is 1. The zero-order chi connectivity index (χ0) is 22.0. The molecule has 0 aliphatic rings. The summed E-state index contributed by atoms with van der Waals surface area (Å²) < 4.78 is 18.9. The minimum Gasteiger partial charge on any atom is -0.464 e. The van der Waals surface area contributed by atoms with Crippen molar-refractivity contribution in [3.05, 3.63) is 116 Å². The molecule has 0 atom stereocenters. The predicted octanol–water partition coefficient (Wildman–Crippen LogP) is 6.08. The van der Waals surface area contributed by atoms with Crippen LogP contribution in [0.15, 0.2) is 82.2 Å². The van der Waals surface area contributed by atoms with Gasteiger partial charge in [-0.3, -0.25) is 9.59 Å². The van der Waals surface area contributed by atoms with E-state index in [0.29, 0.717) is 27.1 Å². The van der Waals surface area contributed by atoms with E-state index in [2.05, 4.69) is 0 Å². The largest absolute Gasteiger partial charge is 0.464 e. The molecule has 4 aromatic rings. The van der Waals surface area contributed by atoms with Crippen LogP contribution in [0.1, 0.15) is 21.5 Å². The lowest BCUT2D eigenvalue weighted by molar-refractivity contribution is 0.0729. The van der Waals surface area contributed by atoms with E-state index in [1.807, 2.05) is 0 Å². The van der Waals surface area contributed by atoms with E-state index in [0.717, 1.165) is 0 Å². The number of amides is 1. The molecule has 0 aliphatic carbocycles. The minimum absolute atomic E-state index is 0.0116. The fourth-order valence-electron chi connectivity index (χ4n) is 3.28. The number of carbonyl (C=O) groups excluding carboxylic acids is 1. The predicted molar refractivity (Wildman–Crippen MR) is 119 cm³/mol. The van der Waals surface area contributed by atoms with Crippen molar-refractivity contribution in [1.82, 2.24) is 4.90 Å². The highest BCUT2D eigenvalue weighted by Crippen LogP contribution is 2.24. The number of carbonyl (C=O) groups is 1. The molecule has 4 nitrogen and oxygen atoms in total. The maximum atomic E-state index is 13.3. The van der Waals surface area contributed by atoms with Crippen molar-refractivity contribution in [1.29, 1.82) is 0 Å². The van der Waals surface area contributed by atoms with E-state index < -0.39 is 5.91 Å². The van der Waals surface area contributed by atoms with Gasteiger partial charge >= 0.3 is 0 Å². The first-order valence-corrected chi connectivity index (χ1v) is 10.2. The van der Waals surface area contributed by atoms with Gasteiger partial charge in [0.1, 0.15) is 11.4 Å². The van der Waals surface area contributed by atoms with Crippen molar-refractivity contribution < 1.29 is 13.6 Å². The van der Waals surface area contributed by atoms with Gasteiger partial charge in [0.25, 0.3) is 5.91 Å². The van der Waals surface area contributed by atoms with Crippen molar-refractivity contribution in [3.8, 4) is 0 Å². The van der Waals surface area contributed by atoms with E-state index >= 15 is 0 Å². The summed E-state index contributed by atoms with van der Waals surface area (Å²) in [4.78, 5) is 27.7. The molecule has 0 aliphatic heterocycles. The zero-order valence-corrected chi connectivity index (χ0v) is 17.7. The van der Waals surface area contributed by atoms with Crippen molar-refractivity contribution in [2.24, 2.45) is 0 Å². The van der Waals surface area contributed by atoms with Gasteiger partial charge in [-0.05, 0) is 48.0 Å². The van der Waals surface area contributed by atoms with Gasteiger partial charge < -0.3 is 9.32 Å². The van der Waals surface area contributed by atoms with Gasteiger partial charge in [0.15, 0.2) is 5.43 Å². The highest BCUT2D eigenvalue weighted by atomic mass is 35.5. The highest BCUT2D eigenvalue weighted by molar-refractivity contribution is 6.36. The van der Waals surface area contributed by atoms with Crippen molar-refractivity contribution in [2.45, 2.75) is 13.1 Å². The average molecular weight is 456 g/mol. The average Bonchev–Trinajstić information content (AvgIpc) is 2.76. The Kier molecular flexibility index (Phi) is 6.07. The fourth-order valence-corrected chi connectivity index (χ4v) is 3.77. The second-order valence-corrected chi connectivity index (χ2v) is 7.84. The number of hydrogen-bond donors (Lipinski definition) is 0. The number of halogens is 3. The molecule has 0 saturated heterocycles. The number of hydrogen-bond acceptors (Lipinski definition) is 3. The first kappa shape index (κ1) is 21.1. The Morgan fingerprint density at radius 3 is 2.45 bits per heavy atom. The molecule has 31 heavy (non-hydrogen) atoms. The first-order valence-electron chi connectivity index (χ1n) is 9.40. The van der Waals surface area contributed by atoms with Gasteiger partial charge in [0, 0.05) is 11.6 Å². The molecule has 4 rings (SSSR count). The van der Waals surface area contributed by atoms with Gasteiger partial charge in [-0.25, -0.2) is 4.39 Å². The van der Waals surface area contributed by atoms with Crippen LogP contribution in [0.25, 0.3) is 11.0 Å². The van der Waals surface area contributed by atoms with Crippen molar-refractivity contribution >= 4 is 40.1 Å². The van der Waals surface area contributed by atoms with Crippen LogP contribution in [-0.4, -0.2) is 10.8 Å². The molecular weight excluding hydrogens is 440 g/mol. The lowest BCUT2D eigenvalue weighted by atomic mass is 10.1. The van der Waals surface area contributed by atoms with E-state index in [1.165, 1.54) is 35.4 Å². The van der Waals surface area contributed by atoms with Crippen molar-refractivity contribution in [2.75, 3.05) is 0 Å². The molecule has 0 spiro atoms. The number of para-hydroxylation sites is 1. The Morgan fingerprint density at radius 1 is 0.968 bits per heavy atom. The quantitative estimate of drug-likeness (QED) is 0.366. The van der Waals surface area contributed by atoms with Gasteiger partial charge in [0.05, 0.1) is 34.3 Å². The second kappa shape index (κ2) is 8.92. The first-order chi connectivity index (χ1) is 14.9. The van der Waals surface area contributed by atoms with Crippen LogP contribution in [0, 0.1) is 5.82 Å². The fraction of sp³-hybridized carbons (Fsp3) is 0.0833. The van der Waals surface area contributed by atoms with E-state index in [1.54, 1.807) is 42.5 Å². The Hall–Kier alpha value is -3.15. The second-order valence-electron chi connectivity index (χ2n) is 7.00. The van der Waals surface area contributed by atoms with Crippen molar-refractivity contribution in [3.63, 3.8) is 0 Å². The Bertz CT molecular complexity index is 1320. The molecule has 156 valence electrons. The zero-order valence-electron chi connectivity index (χ0n) is 16.1. The lowest BCUT2D eigenvalue weighted by Gasteiger charge is -2.23. The SMILES string of the molecule is O=C(c1ccc(Cl)cc1Cl)N(Cc1ccc(F)cc1)Cc1coc2ccccc2c1=O. The third kappa shape index (κ3) is 4.63. The van der Waals surface area contributed by atoms with Gasteiger partial charge in [0.2, 0.25) is 0 Å². The van der Waals surface area contributed by atoms with Gasteiger partial charge in [-0.15, -0.1) is 0 Å². The van der Waals surface area contributed by atoms with E-state index in [9.17, 15) is 14.0 Å². The highest BCUT2D eigenvalue weighted by Gasteiger charge is 2.21. The molecule has 7 heteroatoms. The topological polar surface area (TPSA) is 50.5 Å². The van der Waals surface area contributed by atoms with E-state index in [4.69, 9.17) is 27.6 Å². The third-order valence-corrected chi connectivity index (χ3v) is 5.40. The van der Waals surface area contributed by atoms with Gasteiger partial charge in [-0.2, -0.15) is 0 Å². The summed E-state index contributed by atoms with van der Waals surface area (Å²) in [5.74, 6) is -0.768. The van der Waals surface area contributed by atoms with Crippen LogP contribution in [0.5, 0.6) is 0 Å². The molecule has 0 radical (unpaired) electrons. The summed E-state index contributed by atoms with van der Waals surface area (Å²) >= 11 is 12.2. The van der Waals surface area contributed by atoms with Crippen LogP contribution < -0.4 is 5.43 Å². The molecule has 1 heterocycles. The van der Waals surface area contributed by atoms with Crippen LogP contribution in [0.2, 0.25) is 10.0 Å². The molecule has 0 bridgehead atoms. The summed E-state index contributed by atoms with van der Waals surface area (Å²) in [5.41, 5.74) is 1.51. The molecule has 0 N–H and O–H groups in total. The van der Waals surface area contributed by atoms with E-state index in [-0.39, 0.29) is 34.9 Å². The maximum Gasteiger partial charge on any atom is 0.255 e. The number of rotatable bonds is 5. The summed E-state index contributed by atoms with van der Waals surface area (Å²) in [5, 5.41) is 1.03. The smallest absolute Gasteiger partial charge is 0.255 e. The Balaban J connectivity index is 1.73. The molecule has 1 aromatic heterocycles. The maximum absolute atomic E-state index is 13.3. The molecule has 0 fully saturated rings. The van der Waals surface area contributed by atoms with Gasteiger partial charge in [-0.1, -0.05) is 47.5 Å². The standard InChI is InChI=1S/C24H16Cl2FNO3/c25-17-7-10-19(21(26)11-17)24(30)28(12-15-5-8-18(27)9-6-15)13-16-14-31-22-4-2-1-3-20(22)23(16)29/h1-11,14H,12-13H2. The van der Waals surface area contributed by atoms with Crippen LogP contribution in [0.3, 0.4) is 0 Å². The Morgan fingerprint density at radius 2 is 1.71 bits per heavy atom. The molecule has 0 saturated carbocycles. The summed E-state index contributed by atoms with van der Waals surface area (Å²) in [6.07, 6.45) is 1.36. The summed E-state index contributed by atoms with van der Waals surface area (Å²) in [6.45, 7) is 0.132. The molecular formula is C24H16Cl2FNO3. The number of benzene rings is 3. The summed E-state index contributed by atoms with van der Waals surface area (Å²) in [7, 11) is 0.